The highest BCUT2D eigenvalue weighted by molar-refractivity contribution is 5.95. The van der Waals surface area contributed by atoms with Gasteiger partial charge in [0, 0.05) is 18.3 Å². The molecule has 1 aromatic rings. The molecule has 1 saturated heterocycles. The summed E-state index contributed by atoms with van der Waals surface area (Å²) in [6, 6.07) is 5.59. The van der Waals surface area contributed by atoms with E-state index in [0.717, 1.165) is 43.8 Å². The fraction of sp³-hybridized carbons (Fsp3) is 0.611. The van der Waals surface area contributed by atoms with Gasteiger partial charge in [-0.1, -0.05) is 13.8 Å². The molecule has 0 aliphatic carbocycles. The van der Waals surface area contributed by atoms with Crippen LogP contribution in [0.1, 0.15) is 40.0 Å². The maximum Gasteiger partial charge on any atom is 0.231 e. The van der Waals surface area contributed by atoms with E-state index < -0.39 is 0 Å². The summed E-state index contributed by atoms with van der Waals surface area (Å²) in [6.45, 7) is 9.01. The third kappa shape index (κ3) is 5.28. The molecular formula is C18H29ClN2O3. The van der Waals surface area contributed by atoms with Crippen LogP contribution in [0.2, 0.25) is 0 Å². The predicted octanol–water partition coefficient (Wildman–Crippen LogP) is 3.62. The van der Waals surface area contributed by atoms with Crippen LogP contribution in [-0.2, 0) is 4.79 Å². The lowest BCUT2D eigenvalue weighted by atomic mass is 9.89. The molecule has 1 unspecified atom stereocenters. The summed E-state index contributed by atoms with van der Waals surface area (Å²) in [4.78, 5) is 12.5. The van der Waals surface area contributed by atoms with Gasteiger partial charge in [-0.25, -0.2) is 0 Å². The van der Waals surface area contributed by atoms with Crippen LogP contribution in [0, 0.1) is 5.41 Å². The highest BCUT2D eigenvalue weighted by Gasteiger charge is 2.36. The van der Waals surface area contributed by atoms with E-state index in [4.69, 9.17) is 9.47 Å². The normalized spacial score (nSPS) is 19.5. The van der Waals surface area contributed by atoms with E-state index in [9.17, 15) is 4.79 Å². The first-order valence-corrected chi connectivity index (χ1v) is 8.51. The van der Waals surface area contributed by atoms with Crippen LogP contribution in [0.5, 0.6) is 11.5 Å². The molecule has 0 aromatic heterocycles. The first-order chi connectivity index (χ1) is 11.1. The molecule has 136 valence electrons. The molecule has 1 atom stereocenters. The molecule has 1 heterocycles. The zero-order valence-electron chi connectivity index (χ0n) is 14.8. The van der Waals surface area contributed by atoms with Gasteiger partial charge in [0.05, 0.1) is 18.6 Å². The number of ether oxygens (including phenoxy) is 2. The Kier molecular flexibility index (Phi) is 8.36. The Balaban J connectivity index is 0.00000288. The van der Waals surface area contributed by atoms with Gasteiger partial charge in [0.15, 0.2) is 11.5 Å². The van der Waals surface area contributed by atoms with E-state index in [2.05, 4.69) is 24.5 Å². The number of halogens is 1. The predicted molar refractivity (Wildman–Crippen MR) is 99.5 cm³/mol. The number of amides is 1. The lowest BCUT2D eigenvalue weighted by Gasteiger charge is -2.22. The summed E-state index contributed by atoms with van der Waals surface area (Å²) in [5.74, 6) is 1.46. The van der Waals surface area contributed by atoms with Crippen molar-refractivity contribution in [3.8, 4) is 11.5 Å². The second-order valence-electron chi connectivity index (χ2n) is 6.30. The number of benzene rings is 1. The second-order valence-corrected chi connectivity index (χ2v) is 6.30. The van der Waals surface area contributed by atoms with Crippen LogP contribution in [0.3, 0.4) is 0 Å². The first kappa shape index (κ1) is 20.6. The zero-order valence-corrected chi connectivity index (χ0v) is 15.6. The highest BCUT2D eigenvalue weighted by Crippen LogP contribution is 2.32. The third-order valence-corrected chi connectivity index (χ3v) is 4.04. The first-order valence-electron chi connectivity index (χ1n) is 8.51. The maximum absolute atomic E-state index is 12.5. The molecule has 2 N–H and O–H groups in total. The van der Waals surface area contributed by atoms with Gasteiger partial charge in [0.1, 0.15) is 0 Å². The minimum atomic E-state index is -0.345. The molecular weight excluding hydrogens is 328 g/mol. The minimum Gasteiger partial charge on any atom is -0.490 e. The van der Waals surface area contributed by atoms with Crippen LogP contribution in [-0.4, -0.2) is 32.2 Å². The molecule has 1 aliphatic heterocycles. The standard InChI is InChI=1S/C18H28N2O3.ClH/c1-4-10-22-15-7-6-14(12-16(15)23-11-5-2)20-17(21)18(3)8-9-19-13-18;/h6-7,12,19H,4-5,8-11,13H2,1-3H3,(H,20,21);1H. The monoisotopic (exact) mass is 356 g/mol. The SMILES string of the molecule is CCCOc1ccc(NC(=O)C2(C)CCNC2)cc1OCCC.Cl. The smallest absolute Gasteiger partial charge is 0.231 e. The summed E-state index contributed by atoms with van der Waals surface area (Å²) in [5, 5.41) is 6.26. The van der Waals surface area contributed by atoms with Crippen LogP contribution in [0.25, 0.3) is 0 Å². The molecule has 0 radical (unpaired) electrons. The van der Waals surface area contributed by atoms with Gasteiger partial charge in [-0.3, -0.25) is 4.79 Å². The van der Waals surface area contributed by atoms with Gasteiger partial charge in [0.25, 0.3) is 0 Å². The Morgan fingerprint density at radius 2 is 1.88 bits per heavy atom. The maximum atomic E-state index is 12.5. The number of carbonyl (C=O) groups is 1. The van der Waals surface area contributed by atoms with Gasteiger partial charge >= 0.3 is 0 Å². The van der Waals surface area contributed by atoms with E-state index >= 15 is 0 Å². The molecule has 1 aromatic carbocycles. The van der Waals surface area contributed by atoms with E-state index in [-0.39, 0.29) is 23.7 Å². The lowest BCUT2D eigenvalue weighted by molar-refractivity contribution is -0.123. The number of hydrogen-bond acceptors (Lipinski definition) is 4. The quantitative estimate of drug-likeness (QED) is 0.746. The summed E-state index contributed by atoms with van der Waals surface area (Å²) in [5.41, 5.74) is 0.403. The van der Waals surface area contributed by atoms with Crippen LogP contribution in [0.15, 0.2) is 18.2 Å². The van der Waals surface area contributed by atoms with Crippen molar-refractivity contribution in [2.75, 3.05) is 31.6 Å². The molecule has 2 rings (SSSR count). The Hall–Kier alpha value is -1.46. The number of nitrogens with one attached hydrogen (secondary N) is 2. The van der Waals surface area contributed by atoms with Crippen molar-refractivity contribution in [2.45, 2.75) is 40.0 Å². The highest BCUT2D eigenvalue weighted by atomic mass is 35.5. The second kappa shape index (κ2) is 9.74. The Morgan fingerprint density at radius 3 is 2.46 bits per heavy atom. The minimum absolute atomic E-state index is 0. The topological polar surface area (TPSA) is 59.6 Å². The van der Waals surface area contributed by atoms with E-state index in [1.807, 2.05) is 25.1 Å². The van der Waals surface area contributed by atoms with Gasteiger partial charge in [-0.2, -0.15) is 0 Å². The van der Waals surface area contributed by atoms with Crippen LogP contribution >= 0.6 is 12.4 Å². The van der Waals surface area contributed by atoms with Crippen molar-refractivity contribution in [1.29, 1.82) is 0 Å². The van der Waals surface area contributed by atoms with Crippen molar-refractivity contribution in [3.63, 3.8) is 0 Å². The summed E-state index contributed by atoms with van der Waals surface area (Å²) in [6.07, 6.45) is 2.72. The van der Waals surface area contributed by atoms with E-state index in [0.29, 0.717) is 19.0 Å². The molecule has 1 fully saturated rings. The molecule has 6 heteroatoms. The number of hydrogen-bond donors (Lipinski definition) is 2. The van der Waals surface area contributed by atoms with Gasteiger partial charge in [-0.15, -0.1) is 12.4 Å². The van der Waals surface area contributed by atoms with Gasteiger partial charge in [-0.05, 0) is 44.9 Å². The Bertz CT molecular complexity index is 531. The van der Waals surface area contributed by atoms with Crippen molar-refractivity contribution in [1.82, 2.24) is 5.32 Å². The molecule has 1 amide bonds. The molecule has 0 bridgehead atoms. The van der Waals surface area contributed by atoms with Crippen molar-refractivity contribution < 1.29 is 14.3 Å². The van der Waals surface area contributed by atoms with Crippen molar-refractivity contribution in [2.24, 2.45) is 5.41 Å². The molecule has 0 saturated carbocycles. The van der Waals surface area contributed by atoms with Crippen LogP contribution < -0.4 is 20.1 Å². The van der Waals surface area contributed by atoms with E-state index in [1.54, 1.807) is 0 Å². The van der Waals surface area contributed by atoms with Crippen LogP contribution in [0.4, 0.5) is 5.69 Å². The average molecular weight is 357 g/mol. The fourth-order valence-electron chi connectivity index (χ4n) is 2.53. The molecule has 1 aliphatic rings. The Labute approximate surface area is 150 Å². The van der Waals surface area contributed by atoms with Gasteiger partial charge < -0.3 is 20.1 Å². The summed E-state index contributed by atoms with van der Waals surface area (Å²) < 4.78 is 11.5. The largest absolute Gasteiger partial charge is 0.490 e. The fourth-order valence-corrected chi connectivity index (χ4v) is 2.53. The lowest BCUT2D eigenvalue weighted by Crippen LogP contribution is -2.35. The number of carbonyl (C=O) groups excluding carboxylic acids is 1. The third-order valence-electron chi connectivity index (χ3n) is 4.04. The zero-order chi connectivity index (χ0) is 16.7. The van der Waals surface area contributed by atoms with Crippen molar-refractivity contribution >= 4 is 24.0 Å². The number of anilines is 1. The van der Waals surface area contributed by atoms with Crippen molar-refractivity contribution in [3.05, 3.63) is 18.2 Å². The average Bonchev–Trinajstić information content (AvgIpc) is 3.00. The summed E-state index contributed by atoms with van der Waals surface area (Å²) >= 11 is 0. The number of rotatable bonds is 8. The molecule has 0 spiro atoms. The van der Waals surface area contributed by atoms with Gasteiger partial charge in [0.2, 0.25) is 5.91 Å². The Morgan fingerprint density at radius 1 is 1.21 bits per heavy atom. The molecule has 24 heavy (non-hydrogen) atoms. The van der Waals surface area contributed by atoms with E-state index in [1.165, 1.54) is 0 Å². The molecule has 5 nitrogen and oxygen atoms in total. The summed E-state index contributed by atoms with van der Waals surface area (Å²) in [7, 11) is 0.